The highest BCUT2D eigenvalue weighted by Gasteiger charge is 2.30. The minimum absolute atomic E-state index is 0.426. The molecule has 0 bridgehead atoms. The molecule has 0 amide bonds. The molecule has 0 atom stereocenters. The van der Waals surface area contributed by atoms with Crippen molar-refractivity contribution >= 4 is 28.5 Å². The summed E-state index contributed by atoms with van der Waals surface area (Å²) in [6, 6.07) is 7.55. The minimum atomic E-state index is -4.38. The predicted molar refractivity (Wildman–Crippen MR) is 73.9 cm³/mol. The first-order chi connectivity index (χ1) is 9.91. The maximum Gasteiger partial charge on any atom is 0.417 e. The molecule has 4 nitrogen and oxygen atoms in total. The molecule has 3 aromatic rings. The van der Waals surface area contributed by atoms with Gasteiger partial charge in [0.15, 0.2) is 5.16 Å². The number of aromatic amines is 1. The molecule has 1 aromatic carbocycles. The summed E-state index contributed by atoms with van der Waals surface area (Å²) in [6.45, 7) is 0. The van der Waals surface area contributed by atoms with E-state index in [0.29, 0.717) is 15.9 Å². The second-order valence-electron chi connectivity index (χ2n) is 4.30. The van der Waals surface area contributed by atoms with Crippen LogP contribution >= 0.6 is 11.8 Å². The van der Waals surface area contributed by atoms with Crippen LogP contribution in [-0.4, -0.2) is 15.0 Å². The number of alkyl halides is 3. The van der Waals surface area contributed by atoms with E-state index in [2.05, 4.69) is 15.0 Å². The number of anilines is 1. The van der Waals surface area contributed by atoms with Crippen molar-refractivity contribution in [2.75, 3.05) is 5.73 Å². The van der Waals surface area contributed by atoms with E-state index >= 15 is 0 Å². The van der Waals surface area contributed by atoms with E-state index in [4.69, 9.17) is 5.73 Å². The van der Waals surface area contributed by atoms with Gasteiger partial charge in [-0.25, -0.2) is 9.97 Å². The van der Waals surface area contributed by atoms with Crippen molar-refractivity contribution in [3.8, 4) is 0 Å². The fourth-order valence-corrected chi connectivity index (χ4v) is 2.50. The predicted octanol–water partition coefficient (Wildman–Crippen LogP) is 3.71. The molecule has 8 heteroatoms. The van der Waals surface area contributed by atoms with Crippen molar-refractivity contribution in [1.29, 1.82) is 0 Å². The Hall–Kier alpha value is -2.22. The summed E-state index contributed by atoms with van der Waals surface area (Å²) in [5, 5.41) is 0.970. The zero-order chi connectivity index (χ0) is 15.0. The average Bonchev–Trinajstić information content (AvgIpc) is 2.79. The molecular formula is C13H9F3N4S. The molecule has 0 fully saturated rings. The Bertz CT molecular complexity index is 780. The number of hydrogen-bond acceptors (Lipinski definition) is 4. The van der Waals surface area contributed by atoms with Gasteiger partial charge in [0.25, 0.3) is 0 Å². The summed E-state index contributed by atoms with van der Waals surface area (Å²) in [6.07, 6.45) is -3.57. The highest BCUT2D eigenvalue weighted by molar-refractivity contribution is 7.99. The van der Waals surface area contributed by atoms with Crippen LogP contribution in [0.4, 0.5) is 18.9 Å². The number of nitrogens with one attached hydrogen (secondary N) is 1. The fourth-order valence-electron chi connectivity index (χ4n) is 1.76. The third-order valence-corrected chi connectivity index (χ3v) is 3.59. The van der Waals surface area contributed by atoms with Gasteiger partial charge in [-0.05, 0) is 42.1 Å². The lowest BCUT2D eigenvalue weighted by Gasteiger charge is -2.05. The van der Waals surface area contributed by atoms with E-state index in [1.807, 2.05) is 0 Å². The van der Waals surface area contributed by atoms with Crippen molar-refractivity contribution < 1.29 is 13.2 Å². The molecule has 3 N–H and O–H groups in total. The number of halogens is 3. The summed E-state index contributed by atoms with van der Waals surface area (Å²) in [7, 11) is 0. The van der Waals surface area contributed by atoms with Crippen molar-refractivity contribution in [2.45, 2.75) is 16.4 Å². The quantitative estimate of drug-likeness (QED) is 0.708. The van der Waals surface area contributed by atoms with Crippen LogP contribution in [0.3, 0.4) is 0 Å². The Balaban J connectivity index is 1.84. The van der Waals surface area contributed by atoms with Crippen molar-refractivity contribution in [2.24, 2.45) is 0 Å². The van der Waals surface area contributed by atoms with E-state index in [0.717, 1.165) is 35.1 Å². The molecule has 0 saturated carbocycles. The van der Waals surface area contributed by atoms with Crippen LogP contribution in [0.25, 0.3) is 11.0 Å². The molecule has 0 unspecified atom stereocenters. The Morgan fingerprint density at radius 2 is 1.95 bits per heavy atom. The molecular weight excluding hydrogens is 301 g/mol. The Morgan fingerprint density at radius 3 is 2.62 bits per heavy atom. The van der Waals surface area contributed by atoms with Crippen molar-refractivity contribution in [3.05, 3.63) is 42.1 Å². The maximum absolute atomic E-state index is 12.4. The van der Waals surface area contributed by atoms with E-state index in [1.165, 1.54) is 6.07 Å². The van der Waals surface area contributed by atoms with Crippen LogP contribution in [-0.2, 0) is 6.18 Å². The smallest absolute Gasteiger partial charge is 0.399 e. The van der Waals surface area contributed by atoms with Gasteiger partial charge in [-0.3, -0.25) is 0 Å². The number of hydrogen-bond donors (Lipinski definition) is 2. The van der Waals surface area contributed by atoms with Gasteiger partial charge in [0.1, 0.15) is 5.03 Å². The summed E-state index contributed by atoms with van der Waals surface area (Å²) >= 11 is 1.15. The number of nitrogen functional groups attached to an aromatic ring is 1. The number of pyridine rings is 1. The SMILES string of the molecule is Nc1ccc2nc(Sc3ccc(C(F)(F)F)cn3)[nH]c2c1. The first kappa shape index (κ1) is 13.7. The van der Waals surface area contributed by atoms with E-state index < -0.39 is 11.7 Å². The number of H-pyrrole nitrogens is 1. The lowest BCUT2D eigenvalue weighted by Crippen LogP contribution is -2.05. The number of benzene rings is 1. The lowest BCUT2D eigenvalue weighted by molar-refractivity contribution is -0.137. The van der Waals surface area contributed by atoms with Gasteiger partial charge in [0.05, 0.1) is 16.6 Å². The number of aromatic nitrogens is 3. The highest BCUT2D eigenvalue weighted by Crippen LogP contribution is 2.31. The Kier molecular flexibility index (Phi) is 3.25. The van der Waals surface area contributed by atoms with Crippen molar-refractivity contribution in [1.82, 2.24) is 15.0 Å². The molecule has 3 rings (SSSR count). The molecule has 108 valence electrons. The highest BCUT2D eigenvalue weighted by atomic mass is 32.2. The standard InChI is InChI=1S/C13H9F3N4S/c14-13(15,16)7-1-4-11(18-6-7)21-12-19-9-3-2-8(17)5-10(9)20-12/h1-6H,17H2,(H,19,20). The third-order valence-electron chi connectivity index (χ3n) is 2.75. The molecule has 0 radical (unpaired) electrons. The zero-order valence-corrected chi connectivity index (χ0v) is 11.3. The number of nitrogens with two attached hydrogens (primary N) is 1. The van der Waals surface area contributed by atoms with Gasteiger partial charge in [0, 0.05) is 11.9 Å². The van der Waals surface area contributed by atoms with Gasteiger partial charge in [0.2, 0.25) is 0 Å². The topological polar surface area (TPSA) is 67.6 Å². The molecule has 0 aliphatic heterocycles. The van der Waals surface area contributed by atoms with Crippen molar-refractivity contribution in [3.63, 3.8) is 0 Å². The fraction of sp³-hybridized carbons (Fsp3) is 0.0769. The monoisotopic (exact) mass is 310 g/mol. The van der Waals surface area contributed by atoms with Crippen LogP contribution in [0.5, 0.6) is 0 Å². The maximum atomic E-state index is 12.4. The molecule has 2 heterocycles. The Morgan fingerprint density at radius 1 is 1.14 bits per heavy atom. The largest absolute Gasteiger partial charge is 0.417 e. The third kappa shape index (κ3) is 2.94. The second kappa shape index (κ2) is 4.96. The lowest BCUT2D eigenvalue weighted by atomic mass is 10.3. The van der Waals surface area contributed by atoms with Gasteiger partial charge >= 0.3 is 6.18 Å². The van der Waals surface area contributed by atoms with Gasteiger partial charge < -0.3 is 10.7 Å². The van der Waals surface area contributed by atoms with Crippen LogP contribution in [0.1, 0.15) is 5.56 Å². The van der Waals surface area contributed by atoms with Gasteiger partial charge in [-0.2, -0.15) is 13.2 Å². The van der Waals surface area contributed by atoms with Crippen LogP contribution in [0.2, 0.25) is 0 Å². The molecule has 2 aromatic heterocycles. The van der Waals surface area contributed by atoms with E-state index in [9.17, 15) is 13.2 Å². The van der Waals surface area contributed by atoms with E-state index in [-0.39, 0.29) is 0 Å². The summed E-state index contributed by atoms with van der Waals surface area (Å²) < 4.78 is 37.3. The van der Waals surface area contributed by atoms with Crippen LogP contribution < -0.4 is 5.73 Å². The average molecular weight is 310 g/mol. The molecule has 0 aliphatic carbocycles. The number of imidazole rings is 1. The van der Waals surface area contributed by atoms with Crippen LogP contribution in [0.15, 0.2) is 46.7 Å². The summed E-state index contributed by atoms with van der Waals surface area (Å²) in [5.74, 6) is 0. The van der Waals surface area contributed by atoms with Gasteiger partial charge in [-0.1, -0.05) is 0 Å². The summed E-state index contributed by atoms with van der Waals surface area (Å²) in [4.78, 5) is 11.1. The Labute approximate surface area is 121 Å². The minimum Gasteiger partial charge on any atom is -0.399 e. The second-order valence-corrected chi connectivity index (χ2v) is 5.31. The number of rotatable bonds is 2. The normalized spacial score (nSPS) is 12.0. The van der Waals surface area contributed by atoms with E-state index in [1.54, 1.807) is 18.2 Å². The molecule has 0 saturated heterocycles. The molecule has 0 aliphatic rings. The molecule has 21 heavy (non-hydrogen) atoms. The first-order valence-electron chi connectivity index (χ1n) is 5.88. The first-order valence-corrected chi connectivity index (χ1v) is 6.70. The zero-order valence-electron chi connectivity index (χ0n) is 10.5. The van der Waals surface area contributed by atoms with Gasteiger partial charge in [-0.15, -0.1) is 0 Å². The number of fused-ring (bicyclic) bond motifs is 1. The van der Waals surface area contributed by atoms with Crippen LogP contribution in [0, 0.1) is 0 Å². The summed E-state index contributed by atoms with van der Waals surface area (Å²) in [5.41, 5.74) is 7.01. The molecule has 0 spiro atoms. The number of nitrogens with zero attached hydrogens (tertiary/aromatic N) is 2.